The molecule has 0 aliphatic rings. The summed E-state index contributed by atoms with van der Waals surface area (Å²) in [6.45, 7) is 17.8. The van der Waals surface area contributed by atoms with Crippen molar-refractivity contribution < 1.29 is 22.8 Å². The third-order valence-electron chi connectivity index (χ3n) is 2.27. The molecule has 22 heavy (non-hydrogen) atoms. The van der Waals surface area contributed by atoms with Gasteiger partial charge in [0.1, 0.15) is 0 Å². The molecule has 0 N–H and O–H groups in total. The summed E-state index contributed by atoms with van der Waals surface area (Å²) < 4.78 is 22.8. The molecular weight excluding hydrogens is 332 g/mol. The number of ether oxygens (including phenoxy) is 1. The van der Waals surface area contributed by atoms with Crippen LogP contribution in [0.15, 0.2) is 12.2 Å². The standard InChI is InChI=1S/C14H32O5Si3/c1-12(2)13(15)16-10-9-11-20-17-14(18-21(3,4)5)19-22(6,7)8/h14H,1,9-11,20H2,2-8H3. The third kappa shape index (κ3) is 13.4. The second-order valence-corrected chi connectivity index (χ2v) is 17.6. The largest absolute Gasteiger partial charge is 0.462 e. The van der Waals surface area contributed by atoms with E-state index in [9.17, 15) is 4.79 Å². The number of carbonyl (C=O) groups excluding carboxylic acids is 1. The summed E-state index contributed by atoms with van der Waals surface area (Å²) in [7, 11) is -4.17. The minimum absolute atomic E-state index is 0.329. The van der Waals surface area contributed by atoms with E-state index in [4.69, 9.17) is 18.0 Å². The first kappa shape index (κ1) is 21.7. The van der Waals surface area contributed by atoms with Crippen LogP contribution in [0.2, 0.25) is 45.3 Å². The predicted octanol–water partition coefficient (Wildman–Crippen LogP) is 3.00. The van der Waals surface area contributed by atoms with Gasteiger partial charge in [-0.1, -0.05) is 6.58 Å². The van der Waals surface area contributed by atoms with Crippen LogP contribution in [0.3, 0.4) is 0 Å². The molecule has 0 aromatic rings. The highest BCUT2D eigenvalue weighted by Gasteiger charge is 2.27. The number of esters is 1. The third-order valence-corrected chi connectivity index (χ3v) is 5.37. The van der Waals surface area contributed by atoms with Crippen LogP contribution in [0, 0.1) is 0 Å². The van der Waals surface area contributed by atoms with Gasteiger partial charge >= 0.3 is 5.97 Å². The average Bonchev–Trinajstić information content (AvgIpc) is 2.28. The van der Waals surface area contributed by atoms with Crippen LogP contribution in [0.4, 0.5) is 0 Å². The molecule has 8 heteroatoms. The lowest BCUT2D eigenvalue weighted by Crippen LogP contribution is -2.41. The molecular formula is C14H32O5Si3. The van der Waals surface area contributed by atoms with E-state index >= 15 is 0 Å². The second kappa shape index (κ2) is 9.78. The molecule has 0 spiro atoms. The lowest BCUT2D eigenvalue weighted by molar-refractivity contribution is -0.152. The Morgan fingerprint density at radius 1 is 1.09 bits per heavy atom. The van der Waals surface area contributed by atoms with Crippen molar-refractivity contribution >= 4 is 32.4 Å². The van der Waals surface area contributed by atoms with Crippen LogP contribution in [-0.4, -0.2) is 45.5 Å². The normalized spacial score (nSPS) is 13.1. The molecule has 0 aromatic heterocycles. The molecule has 0 fully saturated rings. The van der Waals surface area contributed by atoms with E-state index in [0.29, 0.717) is 12.2 Å². The van der Waals surface area contributed by atoms with Crippen molar-refractivity contribution in [3.8, 4) is 0 Å². The number of hydrogen-bond donors (Lipinski definition) is 0. The van der Waals surface area contributed by atoms with Crippen molar-refractivity contribution in [2.24, 2.45) is 0 Å². The zero-order valence-corrected chi connectivity index (χ0v) is 18.6. The molecule has 0 rings (SSSR count). The van der Waals surface area contributed by atoms with Crippen molar-refractivity contribution in [2.75, 3.05) is 6.61 Å². The molecule has 0 aliphatic heterocycles. The second-order valence-electron chi connectivity index (χ2n) is 7.24. The van der Waals surface area contributed by atoms with Crippen molar-refractivity contribution in [1.29, 1.82) is 0 Å². The first-order valence-electron chi connectivity index (χ1n) is 7.70. The maximum atomic E-state index is 11.2. The van der Waals surface area contributed by atoms with Crippen LogP contribution in [-0.2, 0) is 22.8 Å². The van der Waals surface area contributed by atoms with E-state index < -0.39 is 32.9 Å². The zero-order valence-electron chi connectivity index (χ0n) is 15.2. The van der Waals surface area contributed by atoms with Gasteiger partial charge in [-0.25, -0.2) is 4.79 Å². The summed E-state index contributed by atoms with van der Waals surface area (Å²) in [6, 6.07) is 0.921. The Morgan fingerprint density at radius 2 is 1.59 bits per heavy atom. The molecule has 0 heterocycles. The minimum atomic E-state index is -1.71. The van der Waals surface area contributed by atoms with Gasteiger partial charge in [-0.2, -0.15) is 0 Å². The molecule has 0 amide bonds. The molecule has 0 aliphatic carbocycles. The first-order chi connectivity index (χ1) is 9.91. The van der Waals surface area contributed by atoms with E-state index in [1.807, 2.05) is 0 Å². The maximum absolute atomic E-state index is 11.2. The van der Waals surface area contributed by atoms with E-state index in [1.54, 1.807) is 6.92 Å². The molecule has 0 saturated carbocycles. The lowest BCUT2D eigenvalue weighted by atomic mass is 10.4. The van der Waals surface area contributed by atoms with E-state index in [2.05, 4.69) is 45.9 Å². The Hall–Kier alpha value is -0.259. The Kier molecular flexibility index (Phi) is 9.67. The molecule has 0 radical (unpaired) electrons. The molecule has 0 unspecified atom stereocenters. The van der Waals surface area contributed by atoms with Gasteiger partial charge in [-0.15, -0.1) is 0 Å². The zero-order chi connectivity index (χ0) is 17.4. The number of hydrogen-bond acceptors (Lipinski definition) is 5. The van der Waals surface area contributed by atoms with Gasteiger partial charge in [0, 0.05) is 5.57 Å². The van der Waals surface area contributed by atoms with Crippen LogP contribution in [0.1, 0.15) is 13.3 Å². The summed E-state index contributed by atoms with van der Waals surface area (Å²) in [5.74, 6) is -0.329. The van der Waals surface area contributed by atoms with Crippen molar-refractivity contribution in [3.05, 3.63) is 12.2 Å². The topological polar surface area (TPSA) is 54.0 Å². The van der Waals surface area contributed by atoms with Gasteiger partial charge in [-0.3, -0.25) is 0 Å². The van der Waals surface area contributed by atoms with E-state index in [1.165, 1.54) is 0 Å². The van der Waals surface area contributed by atoms with Crippen LogP contribution in [0.5, 0.6) is 0 Å². The highest BCUT2D eigenvalue weighted by molar-refractivity contribution is 6.70. The first-order valence-corrected chi connectivity index (χ1v) is 16.1. The molecule has 0 atom stereocenters. The molecule has 0 aromatic carbocycles. The van der Waals surface area contributed by atoms with Gasteiger partial charge in [0.25, 0.3) is 0 Å². The molecule has 0 bridgehead atoms. The Balaban J connectivity index is 4.03. The van der Waals surface area contributed by atoms with Gasteiger partial charge < -0.3 is 18.0 Å². The summed E-state index contributed by atoms with van der Waals surface area (Å²) in [6.07, 6.45) is 0.803. The monoisotopic (exact) mass is 364 g/mol. The average molecular weight is 365 g/mol. The van der Waals surface area contributed by atoms with Gasteiger partial charge in [0.15, 0.2) is 26.4 Å². The van der Waals surface area contributed by atoms with Crippen LogP contribution in [0.25, 0.3) is 0 Å². The molecule has 5 nitrogen and oxygen atoms in total. The van der Waals surface area contributed by atoms with Gasteiger partial charge in [0.2, 0.25) is 6.48 Å². The van der Waals surface area contributed by atoms with Crippen molar-refractivity contribution in [3.63, 3.8) is 0 Å². The summed E-state index contributed by atoms with van der Waals surface area (Å²) in [4.78, 5) is 11.2. The Labute approximate surface area is 139 Å². The van der Waals surface area contributed by atoms with E-state index in [0.717, 1.165) is 12.5 Å². The predicted molar refractivity (Wildman–Crippen MR) is 97.5 cm³/mol. The SMILES string of the molecule is C=C(C)C(=O)OCCC[SiH2]OC(O[Si](C)(C)C)O[Si](C)(C)C. The smallest absolute Gasteiger partial charge is 0.333 e. The van der Waals surface area contributed by atoms with Crippen LogP contribution < -0.4 is 0 Å². The van der Waals surface area contributed by atoms with Crippen molar-refractivity contribution in [1.82, 2.24) is 0 Å². The minimum Gasteiger partial charge on any atom is -0.462 e. The molecule has 130 valence electrons. The van der Waals surface area contributed by atoms with E-state index in [-0.39, 0.29) is 5.97 Å². The molecule has 0 saturated heterocycles. The summed E-state index contributed by atoms with van der Waals surface area (Å²) in [5, 5.41) is 0. The lowest BCUT2D eigenvalue weighted by Gasteiger charge is -2.31. The Morgan fingerprint density at radius 3 is 2.00 bits per heavy atom. The maximum Gasteiger partial charge on any atom is 0.333 e. The fourth-order valence-corrected chi connectivity index (χ4v) is 4.00. The number of rotatable bonds is 11. The quantitative estimate of drug-likeness (QED) is 0.185. The summed E-state index contributed by atoms with van der Waals surface area (Å²) >= 11 is 0. The summed E-state index contributed by atoms with van der Waals surface area (Å²) in [5.41, 5.74) is 0.431. The van der Waals surface area contributed by atoms with Gasteiger partial charge in [0.05, 0.1) is 6.61 Å². The van der Waals surface area contributed by atoms with Gasteiger partial charge in [-0.05, 0) is 58.7 Å². The van der Waals surface area contributed by atoms with Crippen molar-refractivity contribution in [2.45, 2.75) is 65.1 Å². The highest BCUT2D eigenvalue weighted by Crippen LogP contribution is 2.15. The fraction of sp³-hybridized carbons (Fsp3) is 0.786. The fourth-order valence-electron chi connectivity index (χ4n) is 1.34. The highest BCUT2D eigenvalue weighted by atomic mass is 28.4. The van der Waals surface area contributed by atoms with Crippen LogP contribution >= 0.6 is 0 Å². The number of carbonyl (C=O) groups is 1. The Bertz CT molecular complexity index is 344.